The number of amides is 4. The van der Waals surface area contributed by atoms with Gasteiger partial charge in [0, 0.05) is 88.2 Å². The molecule has 0 saturated carbocycles. The van der Waals surface area contributed by atoms with Gasteiger partial charge in [0.1, 0.15) is 41.9 Å². The highest BCUT2D eigenvalue weighted by molar-refractivity contribution is 6.76. The van der Waals surface area contributed by atoms with Gasteiger partial charge in [-0.2, -0.15) is 0 Å². The molecule has 0 aliphatic carbocycles. The van der Waals surface area contributed by atoms with Crippen molar-refractivity contribution in [1.29, 1.82) is 0 Å². The van der Waals surface area contributed by atoms with Crippen molar-refractivity contribution in [2.75, 3.05) is 50.2 Å². The lowest BCUT2D eigenvalue weighted by atomic mass is 9.94. The SMILES string of the molecule is Cc1cc(OC2CCN(c3ccc(C(=O)Nc4cc5c(cn4)cc([C@H]4CCCN4C)n5C(=O)OC(C)(C)C)c(F)c3)CC2)ccc1-c1cccc2c1CN(C1CCC(=O)N(COCC[Si](C)(C)C)C1=O)C2=O. The van der Waals surface area contributed by atoms with Crippen molar-refractivity contribution in [2.45, 2.75) is 122 Å². The van der Waals surface area contributed by atoms with Crippen LogP contribution in [0.25, 0.3) is 22.0 Å². The molecular formula is C55H66FN7O8Si. The van der Waals surface area contributed by atoms with Crippen molar-refractivity contribution >= 4 is 60.2 Å². The van der Waals surface area contributed by atoms with E-state index in [0.29, 0.717) is 49.3 Å². The summed E-state index contributed by atoms with van der Waals surface area (Å²) in [6, 6.07) is 20.0. The second kappa shape index (κ2) is 20.2. The molecule has 0 bridgehead atoms. The summed E-state index contributed by atoms with van der Waals surface area (Å²) in [4.78, 5) is 79.0. The van der Waals surface area contributed by atoms with E-state index < -0.39 is 43.4 Å². The average molecular weight is 1000 g/mol. The molecule has 2 atom stereocenters. The first-order valence-corrected chi connectivity index (χ1v) is 28.9. The fraction of sp³-hybridized carbons (Fsp3) is 0.455. The van der Waals surface area contributed by atoms with E-state index in [-0.39, 0.29) is 61.5 Å². The first-order chi connectivity index (χ1) is 34.2. The third kappa shape index (κ3) is 10.7. The van der Waals surface area contributed by atoms with Gasteiger partial charge in [0.25, 0.3) is 17.7 Å². The van der Waals surface area contributed by atoms with Crippen LogP contribution >= 0.6 is 0 Å². The van der Waals surface area contributed by atoms with E-state index in [9.17, 15) is 24.0 Å². The Kier molecular flexibility index (Phi) is 14.2. The van der Waals surface area contributed by atoms with Gasteiger partial charge in [-0.25, -0.2) is 18.7 Å². The highest BCUT2D eigenvalue weighted by Crippen LogP contribution is 2.39. The molecule has 4 aliphatic rings. The number of benzene rings is 3. The van der Waals surface area contributed by atoms with Crippen LogP contribution in [0, 0.1) is 12.7 Å². The number of likely N-dealkylation sites (tertiary alicyclic amines) is 2. The predicted molar refractivity (Wildman–Crippen MR) is 277 cm³/mol. The Morgan fingerprint density at radius 1 is 0.889 bits per heavy atom. The van der Waals surface area contributed by atoms with E-state index in [1.807, 2.05) is 71.1 Å². The number of carbonyl (C=O) groups excluding carboxylic acids is 5. The number of aromatic nitrogens is 2. The van der Waals surface area contributed by atoms with Gasteiger partial charge in [0.05, 0.1) is 17.1 Å². The fourth-order valence-electron chi connectivity index (χ4n) is 10.4. The number of imide groups is 1. The number of nitrogens with one attached hydrogen (secondary N) is 1. The van der Waals surface area contributed by atoms with Crippen LogP contribution in [0.1, 0.15) is 103 Å². The predicted octanol–water partition coefficient (Wildman–Crippen LogP) is 9.79. The fourth-order valence-corrected chi connectivity index (χ4v) is 11.1. The monoisotopic (exact) mass is 999 g/mol. The molecule has 9 rings (SSSR count). The first kappa shape index (κ1) is 50.5. The summed E-state index contributed by atoms with van der Waals surface area (Å²) in [6.07, 6.45) is 4.74. The molecule has 4 amide bonds. The molecule has 72 heavy (non-hydrogen) atoms. The van der Waals surface area contributed by atoms with Gasteiger partial charge in [0.15, 0.2) is 0 Å². The molecule has 0 radical (unpaired) electrons. The van der Waals surface area contributed by atoms with Crippen molar-refractivity contribution in [3.8, 4) is 16.9 Å². The summed E-state index contributed by atoms with van der Waals surface area (Å²) < 4.78 is 35.4. The standard InChI is InChI=1S/C55H66FN7O8Si/c1-34-27-38(15-17-39(34)40-11-9-12-41-43(40)32-61(52(41)66)46-18-19-50(64)62(53(46)67)33-69-25-26-72(6,7)8)70-37-20-23-60(24-21-37)36-14-16-42(44(56)29-36)51(65)58-49-30-47-35(31-57-49)28-48(45-13-10-22-59(45)5)63(47)54(68)71-55(2,3)4/h9,11-12,14-17,27-31,37,45-46H,10,13,18-26,32-33H2,1-8H3,(H,57,58,65)/t45-,46?/m1/s1. The van der Waals surface area contributed by atoms with Crippen molar-refractivity contribution in [1.82, 2.24) is 24.3 Å². The quantitative estimate of drug-likeness (QED) is 0.0681. The number of anilines is 2. The largest absolute Gasteiger partial charge is 0.490 e. The van der Waals surface area contributed by atoms with Gasteiger partial charge < -0.3 is 29.3 Å². The van der Waals surface area contributed by atoms with Crippen LogP contribution in [0.3, 0.4) is 0 Å². The molecule has 0 spiro atoms. The minimum absolute atomic E-state index is 0.0181. The lowest BCUT2D eigenvalue weighted by Crippen LogP contribution is -2.55. The lowest BCUT2D eigenvalue weighted by molar-refractivity contribution is -0.158. The van der Waals surface area contributed by atoms with Crippen molar-refractivity contribution in [2.24, 2.45) is 0 Å². The Hall–Kier alpha value is -6.43. The molecular weight excluding hydrogens is 934 g/mol. The van der Waals surface area contributed by atoms with Gasteiger partial charge >= 0.3 is 6.09 Å². The number of halogens is 1. The number of rotatable bonds is 13. The van der Waals surface area contributed by atoms with Crippen LogP contribution in [0.4, 0.5) is 20.7 Å². The maximum absolute atomic E-state index is 15.8. The Morgan fingerprint density at radius 2 is 1.65 bits per heavy atom. The number of nitrogens with zero attached hydrogens (tertiary/aromatic N) is 6. The van der Waals surface area contributed by atoms with Crippen LogP contribution in [-0.2, 0) is 25.6 Å². The molecule has 1 N–H and O–H groups in total. The zero-order valence-corrected chi connectivity index (χ0v) is 43.7. The zero-order chi connectivity index (χ0) is 51.2. The molecule has 1 unspecified atom stereocenters. The number of pyridine rings is 1. The summed E-state index contributed by atoms with van der Waals surface area (Å²) in [5.41, 5.74) is 5.39. The highest BCUT2D eigenvalue weighted by Gasteiger charge is 2.43. The smallest absolute Gasteiger partial charge is 0.419 e. The van der Waals surface area contributed by atoms with Crippen LogP contribution in [0.15, 0.2) is 72.9 Å². The second-order valence-electron chi connectivity index (χ2n) is 21.9. The van der Waals surface area contributed by atoms with E-state index >= 15 is 4.39 Å². The van der Waals surface area contributed by atoms with Gasteiger partial charge in [-0.3, -0.25) is 29.0 Å². The highest BCUT2D eigenvalue weighted by atomic mass is 28.3. The van der Waals surface area contributed by atoms with Crippen molar-refractivity contribution in [3.05, 3.63) is 107 Å². The number of ether oxygens (including phenoxy) is 3. The summed E-state index contributed by atoms with van der Waals surface area (Å²) >= 11 is 0. The number of fused-ring (bicyclic) bond motifs is 2. The van der Waals surface area contributed by atoms with E-state index in [1.165, 1.54) is 17.0 Å². The van der Waals surface area contributed by atoms with Crippen LogP contribution < -0.4 is 15.0 Å². The number of carbonyl (C=O) groups is 5. The van der Waals surface area contributed by atoms with E-state index in [2.05, 4.69) is 39.7 Å². The molecule has 3 aromatic carbocycles. The molecule has 4 aliphatic heterocycles. The number of hydrogen-bond donors (Lipinski definition) is 1. The second-order valence-corrected chi connectivity index (χ2v) is 27.5. The summed E-state index contributed by atoms with van der Waals surface area (Å²) in [5, 5.41) is 3.47. The summed E-state index contributed by atoms with van der Waals surface area (Å²) in [5.74, 6) is -1.30. The minimum atomic E-state index is -1.35. The van der Waals surface area contributed by atoms with Crippen LogP contribution in [0.5, 0.6) is 5.75 Å². The maximum atomic E-state index is 15.8. The first-order valence-electron chi connectivity index (χ1n) is 25.2. The molecule has 3 fully saturated rings. The number of aryl methyl sites for hydroxylation is 1. The van der Waals surface area contributed by atoms with Gasteiger partial charge in [0.2, 0.25) is 5.91 Å². The van der Waals surface area contributed by atoms with E-state index in [0.717, 1.165) is 64.5 Å². The maximum Gasteiger partial charge on any atom is 0.419 e. The summed E-state index contributed by atoms with van der Waals surface area (Å²) in [7, 11) is 0.683. The molecule has 2 aromatic heterocycles. The van der Waals surface area contributed by atoms with E-state index in [4.69, 9.17) is 14.2 Å². The van der Waals surface area contributed by atoms with Crippen molar-refractivity contribution < 1.29 is 42.6 Å². The third-order valence-corrected chi connectivity index (χ3v) is 16.0. The normalized spacial score (nSPS) is 19.1. The van der Waals surface area contributed by atoms with Gasteiger partial charge in [-0.1, -0.05) is 37.8 Å². The van der Waals surface area contributed by atoms with Crippen LogP contribution in [-0.4, -0.2) is 120 Å². The molecule has 3 saturated heterocycles. The molecule has 380 valence electrons. The Morgan fingerprint density at radius 3 is 2.35 bits per heavy atom. The number of hydrogen-bond acceptors (Lipinski definition) is 11. The zero-order valence-electron chi connectivity index (χ0n) is 42.7. The molecule has 6 heterocycles. The molecule has 17 heteroatoms. The molecule has 5 aromatic rings. The minimum Gasteiger partial charge on any atom is -0.490 e. The van der Waals surface area contributed by atoms with Crippen molar-refractivity contribution in [3.63, 3.8) is 0 Å². The van der Waals surface area contributed by atoms with Crippen LogP contribution in [0.2, 0.25) is 25.7 Å². The Balaban J connectivity index is 0.809. The Bertz CT molecular complexity index is 2940. The topological polar surface area (TPSA) is 156 Å². The number of piperidine rings is 2. The Labute approximate surface area is 421 Å². The molecule has 15 nitrogen and oxygen atoms in total. The van der Waals surface area contributed by atoms with E-state index in [1.54, 1.807) is 33.9 Å². The summed E-state index contributed by atoms with van der Waals surface area (Å²) in [6.45, 7) is 17.0. The third-order valence-electron chi connectivity index (χ3n) is 14.3. The van der Waals surface area contributed by atoms with Gasteiger partial charge in [-0.15, -0.1) is 0 Å². The lowest BCUT2D eigenvalue weighted by Gasteiger charge is -2.35. The average Bonchev–Trinajstić information content (AvgIpc) is 4.02. The van der Waals surface area contributed by atoms with Gasteiger partial charge in [-0.05, 0) is 131 Å².